The molecule has 0 unspecified atom stereocenters. The van der Waals surface area contributed by atoms with Gasteiger partial charge in [-0.1, -0.05) is 50.3 Å². The molecule has 2 aromatic heterocycles. The first-order chi connectivity index (χ1) is 12.4. The van der Waals surface area contributed by atoms with E-state index in [9.17, 15) is 5.11 Å². The standard InChI is InChI=1S/C19H23N6O/c1-19(2,3)18-20-16(24-10-9-14(26)12-24)15-17(21-18)25(23-22-15)11-13-7-5-4-6-8-13/h4-7,14,26H,9-12H2,1-3H3/t14-/m0/s1. The van der Waals surface area contributed by atoms with Crippen LogP contribution < -0.4 is 4.90 Å². The summed E-state index contributed by atoms with van der Waals surface area (Å²) in [7, 11) is 0. The molecule has 26 heavy (non-hydrogen) atoms. The van der Waals surface area contributed by atoms with Crippen LogP contribution in [0.15, 0.2) is 24.3 Å². The highest BCUT2D eigenvalue weighted by Gasteiger charge is 2.28. The Morgan fingerprint density at radius 1 is 1.27 bits per heavy atom. The lowest BCUT2D eigenvalue weighted by Crippen LogP contribution is -2.25. The fourth-order valence-corrected chi connectivity index (χ4v) is 3.13. The first-order valence-electron chi connectivity index (χ1n) is 8.92. The Bertz CT molecular complexity index is 915. The third-order valence-electron chi connectivity index (χ3n) is 4.57. The van der Waals surface area contributed by atoms with E-state index in [1.54, 1.807) is 4.68 Å². The van der Waals surface area contributed by atoms with Gasteiger partial charge in [0.15, 0.2) is 17.0 Å². The van der Waals surface area contributed by atoms with E-state index in [2.05, 4.69) is 42.0 Å². The van der Waals surface area contributed by atoms with Crippen molar-refractivity contribution in [2.75, 3.05) is 18.0 Å². The van der Waals surface area contributed by atoms with E-state index in [1.807, 2.05) is 24.3 Å². The molecule has 7 heteroatoms. The van der Waals surface area contributed by atoms with E-state index < -0.39 is 0 Å². The molecule has 3 aromatic rings. The number of aliphatic hydroxyl groups excluding tert-OH is 1. The summed E-state index contributed by atoms with van der Waals surface area (Å²) >= 11 is 0. The zero-order valence-corrected chi connectivity index (χ0v) is 15.3. The van der Waals surface area contributed by atoms with E-state index in [1.165, 1.54) is 0 Å². The smallest absolute Gasteiger partial charge is 0.184 e. The molecule has 0 aliphatic carbocycles. The van der Waals surface area contributed by atoms with Gasteiger partial charge in [0.2, 0.25) is 0 Å². The molecule has 0 saturated carbocycles. The van der Waals surface area contributed by atoms with Crippen molar-refractivity contribution in [3.05, 3.63) is 41.7 Å². The van der Waals surface area contributed by atoms with Crippen LogP contribution in [0.1, 0.15) is 38.6 Å². The molecule has 0 spiro atoms. The molecule has 1 radical (unpaired) electrons. The fraction of sp³-hybridized carbons (Fsp3) is 0.474. The number of fused-ring (bicyclic) bond motifs is 1. The maximum absolute atomic E-state index is 9.93. The van der Waals surface area contributed by atoms with Crippen molar-refractivity contribution in [3.63, 3.8) is 0 Å². The maximum atomic E-state index is 9.93. The monoisotopic (exact) mass is 351 g/mol. The van der Waals surface area contributed by atoms with Gasteiger partial charge in [-0.25, -0.2) is 14.6 Å². The lowest BCUT2D eigenvalue weighted by molar-refractivity contribution is 0.198. The molecular weight excluding hydrogens is 328 g/mol. The van der Waals surface area contributed by atoms with Crippen LogP contribution in [-0.4, -0.2) is 49.3 Å². The van der Waals surface area contributed by atoms with Gasteiger partial charge in [0, 0.05) is 18.5 Å². The number of aromatic nitrogens is 5. The van der Waals surface area contributed by atoms with Gasteiger partial charge in [0.05, 0.1) is 12.6 Å². The van der Waals surface area contributed by atoms with Crippen LogP contribution in [0.5, 0.6) is 0 Å². The largest absolute Gasteiger partial charge is 0.391 e. The van der Waals surface area contributed by atoms with Crippen LogP contribution in [0.4, 0.5) is 5.82 Å². The van der Waals surface area contributed by atoms with Crippen LogP contribution in [0, 0.1) is 6.07 Å². The first-order valence-corrected chi connectivity index (χ1v) is 8.92. The van der Waals surface area contributed by atoms with Crippen molar-refractivity contribution in [1.82, 2.24) is 25.0 Å². The summed E-state index contributed by atoms with van der Waals surface area (Å²) in [5.74, 6) is 1.52. The molecule has 1 aliphatic heterocycles. The molecule has 135 valence electrons. The molecule has 0 amide bonds. The summed E-state index contributed by atoms with van der Waals surface area (Å²) in [6, 6.07) is 11.0. The molecule has 1 N–H and O–H groups in total. The van der Waals surface area contributed by atoms with Crippen molar-refractivity contribution in [2.24, 2.45) is 0 Å². The summed E-state index contributed by atoms with van der Waals surface area (Å²) in [6.07, 6.45) is 0.413. The van der Waals surface area contributed by atoms with Crippen LogP contribution in [0.3, 0.4) is 0 Å². The summed E-state index contributed by atoms with van der Waals surface area (Å²) in [4.78, 5) is 11.6. The second-order valence-electron chi connectivity index (χ2n) is 7.82. The van der Waals surface area contributed by atoms with Crippen LogP contribution in [0.2, 0.25) is 0 Å². The van der Waals surface area contributed by atoms with Crippen molar-refractivity contribution in [1.29, 1.82) is 0 Å². The molecule has 1 saturated heterocycles. The predicted molar refractivity (Wildman–Crippen MR) is 99.0 cm³/mol. The van der Waals surface area contributed by atoms with Crippen molar-refractivity contribution >= 4 is 17.0 Å². The number of anilines is 1. The highest BCUT2D eigenvalue weighted by Crippen LogP contribution is 2.29. The molecule has 3 heterocycles. The number of nitrogens with zero attached hydrogens (tertiary/aromatic N) is 6. The van der Waals surface area contributed by atoms with E-state index in [0.717, 1.165) is 35.8 Å². The lowest BCUT2D eigenvalue weighted by atomic mass is 9.96. The summed E-state index contributed by atoms with van der Waals surface area (Å²) < 4.78 is 1.80. The minimum atomic E-state index is -0.327. The van der Waals surface area contributed by atoms with Gasteiger partial charge >= 0.3 is 0 Å². The van der Waals surface area contributed by atoms with Gasteiger partial charge in [-0.15, -0.1) is 5.10 Å². The number of rotatable bonds is 3. The van der Waals surface area contributed by atoms with E-state index in [0.29, 0.717) is 18.6 Å². The maximum Gasteiger partial charge on any atom is 0.184 e. The number of aliphatic hydroxyl groups is 1. The number of benzene rings is 1. The van der Waals surface area contributed by atoms with Crippen LogP contribution in [-0.2, 0) is 12.0 Å². The Morgan fingerprint density at radius 3 is 2.77 bits per heavy atom. The average Bonchev–Trinajstić information content (AvgIpc) is 3.21. The first kappa shape index (κ1) is 16.9. The van der Waals surface area contributed by atoms with Gasteiger partial charge < -0.3 is 10.0 Å². The van der Waals surface area contributed by atoms with Crippen molar-refractivity contribution in [3.8, 4) is 0 Å². The second kappa shape index (κ2) is 6.32. The summed E-state index contributed by atoms with van der Waals surface area (Å²) in [5, 5.41) is 18.6. The van der Waals surface area contributed by atoms with E-state index in [4.69, 9.17) is 9.97 Å². The van der Waals surface area contributed by atoms with Crippen LogP contribution >= 0.6 is 0 Å². The van der Waals surface area contributed by atoms with Crippen molar-refractivity contribution < 1.29 is 5.11 Å². The SMILES string of the molecule is CC(C)(C)c1nc(N2CC[C@H](O)C2)c2nnn(Cc3[c]cccc3)c2n1. The Kier molecular flexibility index (Phi) is 4.11. The summed E-state index contributed by atoms with van der Waals surface area (Å²) in [5.41, 5.74) is 2.23. The molecule has 0 bridgehead atoms. The highest BCUT2D eigenvalue weighted by atomic mass is 16.3. The summed E-state index contributed by atoms with van der Waals surface area (Å²) in [6.45, 7) is 8.16. The minimum Gasteiger partial charge on any atom is -0.391 e. The predicted octanol–water partition coefficient (Wildman–Crippen LogP) is 1.94. The zero-order valence-electron chi connectivity index (χ0n) is 15.3. The van der Waals surface area contributed by atoms with Crippen molar-refractivity contribution in [2.45, 2.75) is 45.3 Å². The third kappa shape index (κ3) is 3.14. The Labute approximate surface area is 152 Å². The number of hydrogen-bond donors (Lipinski definition) is 1. The van der Waals surface area contributed by atoms with E-state index >= 15 is 0 Å². The van der Waals surface area contributed by atoms with Gasteiger partial charge in [-0.3, -0.25) is 0 Å². The molecule has 1 aliphatic rings. The third-order valence-corrected chi connectivity index (χ3v) is 4.57. The molecule has 1 atom stereocenters. The fourth-order valence-electron chi connectivity index (χ4n) is 3.13. The Morgan fingerprint density at radius 2 is 2.12 bits per heavy atom. The molecule has 7 nitrogen and oxygen atoms in total. The topological polar surface area (TPSA) is 80.0 Å². The van der Waals surface area contributed by atoms with Gasteiger partial charge in [-0.05, 0) is 18.1 Å². The molecule has 1 fully saturated rings. The van der Waals surface area contributed by atoms with E-state index in [-0.39, 0.29) is 11.5 Å². The normalized spacial score (nSPS) is 18.0. The van der Waals surface area contributed by atoms with Crippen LogP contribution in [0.25, 0.3) is 11.2 Å². The number of hydrogen-bond acceptors (Lipinski definition) is 6. The second-order valence-corrected chi connectivity index (χ2v) is 7.82. The quantitative estimate of drug-likeness (QED) is 0.777. The Hall–Kier alpha value is -2.54. The Balaban J connectivity index is 1.83. The molecule has 4 rings (SSSR count). The molecule has 1 aromatic carbocycles. The lowest BCUT2D eigenvalue weighted by Gasteiger charge is -2.21. The zero-order chi connectivity index (χ0) is 18.3. The minimum absolute atomic E-state index is 0.199. The highest BCUT2D eigenvalue weighted by molar-refractivity contribution is 5.83. The number of β-amino-alcohol motifs (C(OH)–C–C–N with tert-alkyl or cyclic N) is 1. The van der Waals surface area contributed by atoms with Gasteiger partial charge in [-0.2, -0.15) is 0 Å². The average molecular weight is 351 g/mol. The molecular formula is C19H23N6O. The van der Waals surface area contributed by atoms with Gasteiger partial charge in [0.1, 0.15) is 5.82 Å². The van der Waals surface area contributed by atoms with Gasteiger partial charge in [0.25, 0.3) is 0 Å².